The number of hydrogen-bond acceptors (Lipinski definition) is 3. The van der Waals surface area contributed by atoms with E-state index in [0.29, 0.717) is 27.6 Å². The van der Waals surface area contributed by atoms with Crippen LogP contribution < -0.4 is 0 Å². The van der Waals surface area contributed by atoms with E-state index in [-0.39, 0.29) is 6.54 Å². The Bertz CT molecular complexity index is 723. The largest absolute Gasteiger partial charge is 0.465 e. The molecular formula is C12H10BrN3O3. The number of imide groups is 1. The maximum atomic E-state index is 12.3. The van der Waals surface area contributed by atoms with Gasteiger partial charge in [0.1, 0.15) is 10.3 Å². The molecule has 6 nitrogen and oxygen atoms in total. The first-order chi connectivity index (χ1) is 9.00. The maximum absolute atomic E-state index is 12.3. The molecule has 1 N–H and O–H groups in total. The summed E-state index contributed by atoms with van der Waals surface area (Å²) >= 11 is 3.30. The highest BCUT2D eigenvalue weighted by atomic mass is 79.9. The lowest BCUT2D eigenvalue weighted by Gasteiger charge is -2.23. The Morgan fingerprint density at radius 2 is 2.21 bits per heavy atom. The summed E-state index contributed by atoms with van der Waals surface area (Å²) < 4.78 is 2.53. The normalized spacial score (nSPS) is 14.8. The van der Waals surface area contributed by atoms with Crippen molar-refractivity contribution in [2.24, 2.45) is 7.05 Å². The Morgan fingerprint density at radius 3 is 2.89 bits per heavy atom. The minimum Gasteiger partial charge on any atom is -0.465 e. The van der Waals surface area contributed by atoms with Gasteiger partial charge in [-0.15, -0.1) is 0 Å². The standard InChI is InChI=1S/C12H10BrN3O3/c1-15-7-4-5-16(12(18)19)11(17)9(7)6-2-3-8(13)14-10(6)15/h2-3H,4-5H2,1H3,(H,18,19). The van der Waals surface area contributed by atoms with Gasteiger partial charge in [0.25, 0.3) is 5.91 Å². The number of aromatic nitrogens is 2. The van der Waals surface area contributed by atoms with E-state index in [9.17, 15) is 9.59 Å². The lowest BCUT2D eigenvalue weighted by atomic mass is 10.0. The molecular weight excluding hydrogens is 314 g/mol. The van der Waals surface area contributed by atoms with Gasteiger partial charge in [0.2, 0.25) is 0 Å². The molecule has 0 fully saturated rings. The van der Waals surface area contributed by atoms with Gasteiger partial charge in [0, 0.05) is 31.1 Å². The van der Waals surface area contributed by atoms with Crippen molar-refractivity contribution in [2.75, 3.05) is 6.54 Å². The van der Waals surface area contributed by atoms with E-state index in [2.05, 4.69) is 20.9 Å². The summed E-state index contributed by atoms with van der Waals surface area (Å²) in [5.74, 6) is -0.469. The quantitative estimate of drug-likeness (QED) is 0.752. The molecule has 0 radical (unpaired) electrons. The van der Waals surface area contributed by atoms with Crippen molar-refractivity contribution in [3.05, 3.63) is 28.0 Å². The molecule has 0 unspecified atom stereocenters. The molecule has 0 atom stereocenters. The SMILES string of the molecule is Cn1c2c(c3ccc(Br)nc31)C(=O)N(C(=O)O)CC2. The van der Waals surface area contributed by atoms with Crippen molar-refractivity contribution in [3.63, 3.8) is 0 Å². The number of pyridine rings is 1. The second-order valence-corrected chi connectivity index (χ2v) is 5.19. The van der Waals surface area contributed by atoms with Crippen molar-refractivity contribution < 1.29 is 14.7 Å². The zero-order chi connectivity index (χ0) is 13.7. The number of carboxylic acid groups (broad SMARTS) is 1. The summed E-state index contributed by atoms with van der Waals surface area (Å²) in [5.41, 5.74) is 1.97. The number of carbonyl (C=O) groups excluding carboxylic acids is 1. The van der Waals surface area contributed by atoms with Crippen LogP contribution in [0, 0.1) is 0 Å². The minimum absolute atomic E-state index is 0.187. The van der Waals surface area contributed by atoms with Gasteiger partial charge in [-0.3, -0.25) is 4.79 Å². The van der Waals surface area contributed by atoms with Crippen LogP contribution in [0.1, 0.15) is 16.1 Å². The monoisotopic (exact) mass is 323 g/mol. The van der Waals surface area contributed by atoms with Crippen LogP contribution in [-0.2, 0) is 13.5 Å². The van der Waals surface area contributed by atoms with Crippen molar-refractivity contribution in [1.82, 2.24) is 14.5 Å². The topological polar surface area (TPSA) is 75.4 Å². The number of carbonyl (C=O) groups is 2. The molecule has 0 saturated carbocycles. The third-order valence-electron chi connectivity index (χ3n) is 3.38. The number of halogens is 1. The number of fused-ring (bicyclic) bond motifs is 3. The van der Waals surface area contributed by atoms with E-state index in [1.165, 1.54) is 0 Å². The van der Waals surface area contributed by atoms with E-state index in [0.717, 1.165) is 10.6 Å². The molecule has 0 aromatic carbocycles. The first-order valence-electron chi connectivity index (χ1n) is 5.69. The summed E-state index contributed by atoms with van der Waals surface area (Å²) in [6.45, 7) is 0.187. The first-order valence-corrected chi connectivity index (χ1v) is 6.48. The zero-order valence-electron chi connectivity index (χ0n) is 10.1. The zero-order valence-corrected chi connectivity index (χ0v) is 11.6. The van der Waals surface area contributed by atoms with E-state index in [1.54, 1.807) is 12.1 Å². The molecule has 0 saturated heterocycles. The number of aryl methyl sites for hydroxylation is 1. The molecule has 2 aromatic rings. The molecule has 2 amide bonds. The second kappa shape index (κ2) is 4.06. The van der Waals surface area contributed by atoms with Gasteiger partial charge >= 0.3 is 6.09 Å². The highest BCUT2D eigenvalue weighted by molar-refractivity contribution is 9.10. The Morgan fingerprint density at radius 1 is 1.47 bits per heavy atom. The van der Waals surface area contributed by atoms with Gasteiger partial charge < -0.3 is 9.67 Å². The Hall–Kier alpha value is -1.89. The molecule has 0 aliphatic carbocycles. The van der Waals surface area contributed by atoms with Gasteiger partial charge in [0.05, 0.1) is 5.56 Å². The van der Waals surface area contributed by atoms with Crippen molar-refractivity contribution in [2.45, 2.75) is 6.42 Å². The summed E-state index contributed by atoms with van der Waals surface area (Å²) in [4.78, 5) is 28.5. The highest BCUT2D eigenvalue weighted by Crippen LogP contribution is 2.30. The average molecular weight is 324 g/mol. The van der Waals surface area contributed by atoms with Crippen LogP contribution in [0.15, 0.2) is 16.7 Å². The number of rotatable bonds is 0. The van der Waals surface area contributed by atoms with Crippen LogP contribution in [0.2, 0.25) is 0 Å². The van der Waals surface area contributed by atoms with Crippen molar-refractivity contribution in [3.8, 4) is 0 Å². The summed E-state index contributed by atoms with van der Waals surface area (Å²) in [7, 11) is 1.84. The molecule has 3 heterocycles. The molecule has 98 valence electrons. The van der Waals surface area contributed by atoms with Gasteiger partial charge in [-0.05, 0) is 28.1 Å². The molecule has 1 aliphatic rings. The van der Waals surface area contributed by atoms with Crippen LogP contribution in [0.5, 0.6) is 0 Å². The minimum atomic E-state index is -1.21. The summed E-state index contributed by atoms with van der Waals surface area (Å²) in [6.07, 6.45) is -0.699. The van der Waals surface area contributed by atoms with Gasteiger partial charge in [0.15, 0.2) is 0 Å². The Kier molecular flexibility index (Phi) is 2.60. The molecule has 7 heteroatoms. The summed E-state index contributed by atoms with van der Waals surface area (Å²) in [5, 5.41) is 9.72. The molecule has 2 aromatic heterocycles. The second-order valence-electron chi connectivity index (χ2n) is 4.38. The molecule has 3 rings (SSSR count). The smallest absolute Gasteiger partial charge is 0.414 e. The Labute approximate surface area is 116 Å². The van der Waals surface area contributed by atoms with E-state index < -0.39 is 12.0 Å². The third kappa shape index (κ3) is 1.65. The molecule has 1 aliphatic heterocycles. The van der Waals surface area contributed by atoms with Gasteiger partial charge in [-0.2, -0.15) is 0 Å². The van der Waals surface area contributed by atoms with E-state index in [1.807, 2.05) is 11.6 Å². The average Bonchev–Trinajstić information content (AvgIpc) is 2.64. The number of amides is 2. The lowest BCUT2D eigenvalue weighted by molar-refractivity contribution is 0.0727. The van der Waals surface area contributed by atoms with Crippen LogP contribution in [0.25, 0.3) is 11.0 Å². The van der Waals surface area contributed by atoms with Crippen molar-refractivity contribution in [1.29, 1.82) is 0 Å². The lowest BCUT2D eigenvalue weighted by Crippen LogP contribution is -2.41. The fourth-order valence-electron chi connectivity index (χ4n) is 2.50. The van der Waals surface area contributed by atoms with Crippen LogP contribution in [0.3, 0.4) is 0 Å². The van der Waals surface area contributed by atoms with Crippen molar-refractivity contribution >= 4 is 39.0 Å². The van der Waals surface area contributed by atoms with E-state index >= 15 is 0 Å². The maximum Gasteiger partial charge on any atom is 0.414 e. The van der Waals surface area contributed by atoms with Crippen LogP contribution in [-0.4, -0.2) is 38.1 Å². The van der Waals surface area contributed by atoms with Crippen LogP contribution >= 0.6 is 15.9 Å². The Balaban J connectivity index is 2.29. The fourth-order valence-corrected chi connectivity index (χ4v) is 2.80. The predicted octanol–water partition coefficient (Wildman–Crippen LogP) is 2.01. The molecule has 19 heavy (non-hydrogen) atoms. The first kappa shape index (κ1) is 12.2. The van der Waals surface area contributed by atoms with Crippen LogP contribution in [0.4, 0.5) is 4.79 Å². The third-order valence-corrected chi connectivity index (χ3v) is 3.83. The van der Waals surface area contributed by atoms with E-state index in [4.69, 9.17) is 5.11 Å². The molecule has 0 bridgehead atoms. The predicted molar refractivity (Wildman–Crippen MR) is 71.2 cm³/mol. The summed E-state index contributed by atoms with van der Waals surface area (Å²) in [6, 6.07) is 3.53. The molecule has 0 spiro atoms. The number of nitrogens with zero attached hydrogens (tertiary/aromatic N) is 3. The highest BCUT2D eigenvalue weighted by Gasteiger charge is 2.33. The fraction of sp³-hybridized carbons (Fsp3) is 0.250. The number of hydrogen-bond donors (Lipinski definition) is 1. The van der Waals surface area contributed by atoms with Gasteiger partial charge in [-0.25, -0.2) is 14.7 Å². The van der Waals surface area contributed by atoms with Gasteiger partial charge in [-0.1, -0.05) is 0 Å².